The van der Waals surface area contributed by atoms with Crippen LogP contribution in [0.25, 0.3) is 0 Å². The van der Waals surface area contributed by atoms with Crippen LogP contribution in [0.1, 0.15) is 85.3 Å². The molecule has 0 radical (unpaired) electrons. The zero-order chi connectivity index (χ0) is 19.1. The predicted molar refractivity (Wildman–Crippen MR) is 115 cm³/mol. The van der Waals surface area contributed by atoms with Crippen LogP contribution < -0.4 is 0 Å². The fourth-order valence-corrected chi connectivity index (χ4v) is 11.2. The second-order valence-electron chi connectivity index (χ2n) is 10.6. The molecule has 3 rings (SSSR count). The van der Waals surface area contributed by atoms with Crippen LogP contribution in [0.5, 0.6) is 0 Å². The normalized spacial score (nSPS) is 25.8. The topological polar surface area (TPSA) is 9.23 Å². The molecule has 1 aromatic rings. The van der Waals surface area contributed by atoms with E-state index in [1.807, 2.05) is 0 Å². The first kappa shape index (κ1) is 19.9. The minimum Gasteiger partial charge on any atom is -0.408 e. The summed E-state index contributed by atoms with van der Waals surface area (Å²) in [7, 11) is -2.08. The number of rotatable bonds is 1. The second-order valence-corrected chi connectivity index (χ2v) is 15.9. The second kappa shape index (κ2) is 6.94. The molecule has 1 spiro atoms. The molecular weight excluding hydrogens is 332 g/mol. The number of allylic oxidation sites excluding steroid dienone is 1. The molecule has 26 heavy (non-hydrogen) atoms. The highest BCUT2D eigenvalue weighted by atomic mass is 28.4. The minimum atomic E-state index is -2.08. The van der Waals surface area contributed by atoms with Crippen LogP contribution >= 0.6 is 0 Å². The van der Waals surface area contributed by atoms with Gasteiger partial charge in [0.2, 0.25) is 8.32 Å². The van der Waals surface area contributed by atoms with Crippen LogP contribution in [0, 0.1) is 5.41 Å². The summed E-state index contributed by atoms with van der Waals surface area (Å²) in [4.78, 5) is 0. The first-order valence-electron chi connectivity index (χ1n) is 10.5. The summed E-state index contributed by atoms with van der Waals surface area (Å²) in [5.74, 6) is 0. The molecule has 0 unspecified atom stereocenters. The lowest BCUT2D eigenvalue weighted by Gasteiger charge is -2.53. The average Bonchev–Trinajstić information content (AvgIpc) is 2.74. The third kappa shape index (κ3) is 3.35. The zero-order valence-corrected chi connectivity index (χ0v) is 18.8. The van der Waals surface area contributed by atoms with Gasteiger partial charge in [0.05, 0.1) is 6.10 Å². The monoisotopic (exact) mass is 370 g/mol. The molecule has 1 atom stereocenters. The third-order valence-electron chi connectivity index (χ3n) is 7.01. The Morgan fingerprint density at radius 1 is 0.885 bits per heavy atom. The van der Waals surface area contributed by atoms with Crippen molar-refractivity contribution in [2.45, 2.75) is 95.9 Å². The van der Waals surface area contributed by atoms with E-state index in [2.05, 4.69) is 84.0 Å². The van der Waals surface area contributed by atoms with Crippen molar-refractivity contribution in [1.29, 1.82) is 0 Å². The molecule has 1 aromatic carbocycles. The summed E-state index contributed by atoms with van der Waals surface area (Å²) in [6, 6.07) is 12.2. The Kier molecular flexibility index (Phi) is 5.31. The highest BCUT2D eigenvalue weighted by Crippen LogP contribution is 2.61. The largest absolute Gasteiger partial charge is 0.408 e. The van der Waals surface area contributed by atoms with Crippen molar-refractivity contribution in [2.24, 2.45) is 5.41 Å². The van der Waals surface area contributed by atoms with E-state index in [0.29, 0.717) is 0 Å². The van der Waals surface area contributed by atoms with Crippen molar-refractivity contribution in [3.8, 4) is 0 Å². The van der Waals surface area contributed by atoms with E-state index >= 15 is 0 Å². The molecule has 1 nitrogen and oxygen atoms in total. The molecule has 0 N–H and O–H groups in total. The molecule has 1 saturated carbocycles. The summed E-state index contributed by atoms with van der Waals surface area (Å²) >= 11 is 0. The van der Waals surface area contributed by atoms with E-state index in [1.165, 1.54) is 37.7 Å². The van der Waals surface area contributed by atoms with Crippen LogP contribution in [-0.2, 0) is 4.43 Å². The summed E-state index contributed by atoms with van der Waals surface area (Å²) in [5, 5.41) is 0.394. The van der Waals surface area contributed by atoms with E-state index < -0.39 is 8.32 Å². The van der Waals surface area contributed by atoms with Gasteiger partial charge in [0.15, 0.2) is 0 Å². The van der Waals surface area contributed by atoms with Gasteiger partial charge in [-0.2, -0.15) is 0 Å². The summed E-state index contributed by atoms with van der Waals surface area (Å²) in [5.41, 5.74) is 1.57. The van der Waals surface area contributed by atoms with Crippen molar-refractivity contribution in [3.05, 3.63) is 48.0 Å². The van der Waals surface area contributed by atoms with Gasteiger partial charge in [-0.1, -0.05) is 103 Å². The molecule has 2 aliphatic rings. The third-order valence-corrected chi connectivity index (χ3v) is 13.3. The van der Waals surface area contributed by atoms with Gasteiger partial charge < -0.3 is 4.43 Å². The number of benzene rings is 1. The first-order valence-corrected chi connectivity index (χ1v) is 12.6. The molecule has 0 bridgehead atoms. The Labute approximate surface area is 162 Å². The lowest BCUT2D eigenvalue weighted by atomic mass is 9.68. The zero-order valence-electron chi connectivity index (χ0n) is 17.8. The quantitative estimate of drug-likeness (QED) is 0.362. The molecule has 0 aromatic heterocycles. The van der Waals surface area contributed by atoms with E-state index in [1.54, 1.807) is 0 Å². The molecule has 1 fully saturated rings. The van der Waals surface area contributed by atoms with Crippen molar-refractivity contribution in [1.82, 2.24) is 0 Å². The van der Waals surface area contributed by atoms with Gasteiger partial charge in [0.25, 0.3) is 0 Å². The van der Waals surface area contributed by atoms with Crippen LogP contribution in [0.15, 0.2) is 42.5 Å². The van der Waals surface area contributed by atoms with Crippen molar-refractivity contribution in [3.63, 3.8) is 0 Å². The molecule has 1 aliphatic heterocycles. The highest BCUT2D eigenvalue weighted by molar-refractivity contribution is 6.79. The number of hydrogen-bond acceptors (Lipinski definition) is 1. The lowest BCUT2D eigenvalue weighted by molar-refractivity contribution is 0.0358. The van der Waals surface area contributed by atoms with Crippen LogP contribution in [0.3, 0.4) is 0 Å². The Balaban J connectivity index is 2.14. The maximum absolute atomic E-state index is 7.48. The molecule has 2 heteroatoms. The number of hydrogen-bond donors (Lipinski definition) is 0. The van der Waals surface area contributed by atoms with Gasteiger partial charge in [-0.05, 0) is 34.5 Å². The van der Waals surface area contributed by atoms with E-state index in [4.69, 9.17) is 4.43 Å². The average molecular weight is 371 g/mol. The fourth-order valence-electron chi connectivity index (χ4n) is 5.67. The van der Waals surface area contributed by atoms with Crippen LogP contribution in [-0.4, -0.2) is 8.32 Å². The minimum absolute atomic E-state index is 0.185. The first-order chi connectivity index (χ1) is 12.1. The van der Waals surface area contributed by atoms with Gasteiger partial charge in [-0.3, -0.25) is 0 Å². The molecule has 1 heterocycles. The molecule has 144 valence electrons. The predicted octanol–water partition coefficient (Wildman–Crippen LogP) is 7.81. The lowest BCUT2D eigenvalue weighted by Crippen LogP contribution is -2.55. The molecule has 0 saturated heterocycles. The van der Waals surface area contributed by atoms with Crippen LogP contribution in [0.2, 0.25) is 16.1 Å². The maximum atomic E-state index is 7.48. The van der Waals surface area contributed by atoms with Gasteiger partial charge in [-0.15, -0.1) is 0 Å². The van der Waals surface area contributed by atoms with E-state index in [9.17, 15) is 0 Å². The van der Waals surface area contributed by atoms with Gasteiger partial charge in [0.1, 0.15) is 0 Å². The Morgan fingerprint density at radius 3 is 2.00 bits per heavy atom. The van der Waals surface area contributed by atoms with Crippen molar-refractivity contribution >= 4 is 8.32 Å². The maximum Gasteiger partial charge on any atom is 0.207 e. The highest BCUT2D eigenvalue weighted by Gasteiger charge is 2.58. The van der Waals surface area contributed by atoms with Gasteiger partial charge in [0, 0.05) is 5.41 Å². The van der Waals surface area contributed by atoms with E-state index in [-0.39, 0.29) is 21.6 Å². The van der Waals surface area contributed by atoms with E-state index in [0.717, 1.165) is 6.04 Å². The Hall–Kier alpha value is -0.863. The molecule has 1 aliphatic carbocycles. The smallest absolute Gasteiger partial charge is 0.207 e. The SMILES string of the molecule is CC(C)(C)[Si]1(C(C)(C)C)CC=CC2(CCCCC2)[C@@H](c2ccccc2)O1. The summed E-state index contributed by atoms with van der Waals surface area (Å²) in [6.07, 6.45) is 11.9. The Morgan fingerprint density at radius 2 is 1.46 bits per heavy atom. The molecule has 0 amide bonds. The fraction of sp³-hybridized carbons (Fsp3) is 0.667. The molecular formula is C24H38OSi. The van der Waals surface area contributed by atoms with Crippen molar-refractivity contribution < 1.29 is 4.43 Å². The van der Waals surface area contributed by atoms with Gasteiger partial charge in [-0.25, -0.2) is 0 Å². The Bertz CT molecular complexity index is 612. The summed E-state index contributed by atoms with van der Waals surface area (Å²) < 4.78 is 7.48. The van der Waals surface area contributed by atoms with Crippen molar-refractivity contribution in [2.75, 3.05) is 0 Å². The standard InChI is InChI=1S/C24H38OSi/c1-22(2,3)26(23(4,5)6)19-13-18-24(16-11-8-12-17-24)21(25-26)20-14-9-7-10-15-20/h7,9-10,13-15,18,21H,8,11-12,16-17,19H2,1-6H3/t21-/m1/s1. The summed E-state index contributed by atoms with van der Waals surface area (Å²) in [6.45, 7) is 14.5. The van der Waals surface area contributed by atoms with Crippen LogP contribution in [0.4, 0.5) is 0 Å². The van der Waals surface area contributed by atoms with Gasteiger partial charge >= 0.3 is 0 Å².